The molecule has 1 nitrogen and oxygen atoms in total. The Morgan fingerprint density at radius 2 is 2.05 bits per heavy atom. The summed E-state index contributed by atoms with van der Waals surface area (Å²) in [5.74, 6) is 1.68. The quantitative estimate of drug-likeness (QED) is 0.695. The van der Waals surface area contributed by atoms with Gasteiger partial charge in [0.25, 0.3) is 0 Å². The number of hydrogen-bond donors (Lipinski definition) is 0. The van der Waals surface area contributed by atoms with Crippen molar-refractivity contribution in [2.45, 2.75) is 52.9 Å². The van der Waals surface area contributed by atoms with Gasteiger partial charge in [-0.15, -0.1) is 0 Å². The minimum Gasteiger partial charge on any atom is -0.295 e. The molecular weight excluding hydrogens is 244 g/mol. The number of rotatable bonds is 4. The van der Waals surface area contributed by atoms with Gasteiger partial charge < -0.3 is 0 Å². The number of aryl methyl sites for hydroxylation is 2. The molecule has 0 N–H and O–H groups in total. The predicted octanol–water partition coefficient (Wildman–Crippen LogP) is 5.10. The SMILES string of the molecule is Cc1ccc(/C=C/C(=O)CC2CCCC(C)C2)cc1C. The summed E-state index contributed by atoms with van der Waals surface area (Å²) in [5, 5.41) is 0. The van der Waals surface area contributed by atoms with Gasteiger partial charge >= 0.3 is 0 Å². The fourth-order valence-electron chi connectivity index (χ4n) is 3.16. The van der Waals surface area contributed by atoms with Crippen molar-refractivity contribution >= 4 is 11.9 Å². The van der Waals surface area contributed by atoms with Crippen LogP contribution in [0.3, 0.4) is 0 Å². The number of carbonyl (C=O) groups is 1. The van der Waals surface area contributed by atoms with Crippen molar-refractivity contribution in [3.63, 3.8) is 0 Å². The summed E-state index contributed by atoms with van der Waals surface area (Å²) in [4.78, 5) is 12.1. The van der Waals surface area contributed by atoms with Crippen molar-refractivity contribution in [1.29, 1.82) is 0 Å². The molecule has 1 saturated carbocycles. The van der Waals surface area contributed by atoms with Crippen LogP contribution >= 0.6 is 0 Å². The first-order valence-corrected chi connectivity index (χ1v) is 7.82. The second kappa shape index (κ2) is 6.88. The highest BCUT2D eigenvalue weighted by molar-refractivity contribution is 5.93. The van der Waals surface area contributed by atoms with Gasteiger partial charge in [-0.2, -0.15) is 0 Å². The summed E-state index contributed by atoms with van der Waals surface area (Å²) in [5.41, 5.74) is 3.70. The van der Waals surface area contributed by atoms with Crippen LogP contribution in [0.2, 0.25) is 0 Å². The number of carbonyl (C=O) groups excluding carboxylic acids is 1. The molecule has 2 unspecified atom stereocenters. The first-order valence-electron chi connectivity index (χ1n) is 7.82. The zero-order chi connectivity index (χ0) is 14.5. The van der Waals surface area contributed by atoms with Crippen LogP contribution in [0.25, 0.3) is 6.08 Å². The number of ketones is 1. The highest BCUT2D eigenvalue weighted by Crippen LogP contribution is 2.30. The van der Waals surface area contributed by atoms with E-state index >= 15 is 0 Å². The lowest BCUT2D eigenvalue weighted by Gasteiger charge is -2.25. The van der Waals surface area contributed by atoms with Gasteiger partial charge in [-0.3, -0.25) is 4.79 Å². The van der Waals surface area contributed by atoms with Gasteiger partial charge in [0.1, 0.15) is 0 Å². The van der Waals surface area contributed by atoms with Crippen LogP contribution < -0.4 is 0 Å². The molecule has 0 bridgehead atoms. The van der Waals surface area contributed by atoms with Crippen LogP contribution in [0.5, 0.6) is 0 Å². The summed E-state index contributed by atoms with van der Waals surface area (Å²) in [6, 6.07) is 6.33. The second-order valence-corrected chi connectivity index (χ2v) is 6.49. The van der Waals surface area contributed by atoms with Gasteiger partial charge in [-0.1, -0.05) is 44.0 Å². The molecule has 0 amide bonds. The van der Waals surface area contributed by atoms with Crippen molar-refractivity contribution in [2.24, 2.45) is 11.8 Å². The van der Waals surface area contributed by atoms with E-state index in [2.05, 4.69) is 39.0 Å². The van der Waals surface area contributed by atoms with Gasteiger partial charge in [-0.25, -0.2) is 0 Å². The van der Waals surface area contributed by atoms with E-state index in [1.54, 1.807) is 6.08 Å². The first kappa shape index (κ1) is 15.0. The Kier molecular flexibility index (Phi) is 5.17. The zero-order valence-corrected chi connectivity index (χ0v) is 13.0. The molecule has 1 aromatic carbocycles. The molecule has 0 aliphatic heterocycles. The van der Waals surface area contributed by atoms with Crippen LogP contribution in [0, 0.1) is 25.7 Å². The van der Waals surface area contributed by atoms with E-state index in [0.29, 0.717) is 5.92 Å². The molecule has 0 saturated heterocycles. The Morgan fingerprint density at radius 3 is 2.75 bits per heavy atom. The number of allylic oxidation sites excluding steroid dienone is 1. The predicted molar refractivity (Wildman–Crippen MR) is 85.7 cm³/mol. The van der Waals surface area contributed by atoms with Crippen LogP contribution in [0.1, 0.15) is 55.7 Å². The third-order valence-corrected chi connectivity index (χ3v) is 4.53. The molecule has 1 aliphatic carbocycles. The highest BCUT2D eigenvalue weighted by atomic mass is 16.1. The van der Waals surface area contributed by atoms with Crippen molar-refractivity contribution in [2.75, 3.05) is 0 Å². The third kappa shape index (κ3) is 4.33. The summed E-state index contributed by atoms with van der Waals surface area (Å²) in [6.07, 6.45) is 9.54. The molecule has 2 rings (SSSR count). The minimum atomic E-state index is 0.280. The Hall–Kier alpha value is -1.37. The van der Waals surface area contributed by atoms with E-state index in [1.165, 1.54) is 36.8 Å². The van der Waals surface area contributed by atoms with Gasteiger partial charge in [0.2, 0.25) is 0 Å². The summed E-state index contributed by atoms with van der Waals surface area (Å²) < 4.78 is 0. The fourth-order valence-corrected chi connectivity index (χ4v) is 3.16. The molecule has 0 heterocycles. The third-order valence-electron chi connectivity index (χ3n) is 4.53. The molecule has 1 aliphatic rings. The number of hydrogen-bond acceptors (Lipinski definition) is 1. The highest BCUT2D eigenvalue weighted by Gasteiger charge is 2.20. The summed E-state index contributed by atoms with van der Waals surface area (Å²) >= 11 is 0. The molecule has 1 aromatic rings. The van der Waals surface area contributed by atoms with E-state index in [0.717, 1.165) is 17.9 Å². The lowest BCUT2D eigenvalue weighted by atomic mass is 9.80. The van der Waals surface area contributed by atoms with Crippen molar-refractivity contribution in [3.8, 4) is 0 Å². The lowest BCUT2D eigenvalue weighted by Crippen LogP contribution is -2.15. The second-order valence-electron chi connectivity index (χ2n) is 6.49. The standard InChI is InChI=1S/C19H26O/c1-14-5-4-6-18(11-14)13-19(20)10-9-17-8-7-15(2)16(3)12-17/h7-10,12,14,18H,4-6,11,13H2,1-3H3/b10-9+. The van der Waals surface area contributed by atoms with Crippen molar-refractivity contribution in [3.05, 3.63) is 41.0 Å². The monoisotopic (exact) mass is 270 g/mol. The smallest absolute Gasteiger partial charge is 0.155 e. The normalized spacial score (nSPS) is 23.1. The molecule has 1 fully saturated rings. The molecule has 0 aromatic heterocycles. The van der Waals surface area contributed by atoms with E-state index in [4.69, 9.17) is 0 Å². The Morgan fingerprint density at radius 1 is 1.25 bits per heavy atom. The zero-order valence-electron chi connectivity index (χ0n) is 13.0. The van der Waals surface area contributed by atoms with Crippen LogP contribution in [0.15, 0.2) is 24.3 Å². The average Bonchev–Trinajstić information content (AvgIpc) is 2.40. The fraction of sp³-hybridized carbons (Fsp3) is 0.526. The molecule has 0 radical (unpaired) electrons. The largest absolute Gasteiger partial charge is 0.295 e. The average molecular weight is 270 g/mol. The number of benzene rings is 1. The van der Waals surface area contributed by atoms with Crippen LogP contribution in [-0.2, 0) is 4.79 Å². The molecule has 2 atom stereocenters. The topological polar surface area (TPSA) is 17.1 Å². The van der Waals surface area contributed by atoms with E-state index in [9.17, 15) is 4.79 Å². The van der Waals surface area contributed by atoms with Gasteiger partial charge in [0, 0.05) is 6.42 Å². The van der Waals surface area contributed by atoms with Crippen molar-refractivity contribution in [1.82, 2.24) is 0 Å². The van der Waals surface area contributed by atoms with E-state index < -0.39 is 0 Å². The Labute approximate surface area is 123 Å². The van der Waals surface area contributed by atoms with Crippen molar-refractivity contribution < 1.29 is 4.79 Å². The summed E-state index contributed by atoms with van der Waals surface area (Å²) in [6.45, 7) is 6.53. The van der Waals surface area contributed by atoms with E-state index in [1.807, 2.05) is 6.08 Å². The van der Waals surface area contributed by atoms with E-state index in [-0.39, 0.29) is 5.78 Å². The Balaban J connectivity index is 1.90. The molecule has 108 valence electrons. The first-order chi connectivity index (χ1) is 9.54. The maximum Gasteiger partial charge on any atom is 0.155 e. The van der Waals surface area contributed by atoms with Gasteiger partial charge in [-0.05, 0) is 61.3 Å². The molecule has 1 heteroatoms. The van der Waals surface area contributed by atoms with Gasteiger partial charge in [0.15, 0.2) is 5.78 Å². The lowest BCUT2D eigenvalue weighted by molar-refractivity contribution is -0.115. The minimum absolute atomic E-state index is 0.280. The van der Waals surface area contributed by atoms with Crippen LogP contribution in [-0.4, -0.2) is 5.78 Å². The van der Waals surface area contributed by atoms with Gasteiger partial charge in [0.05, 0.1) is 0 Å². The molecule has 0 spiro atoms. The Bertz CT molecular complexity index is 498. The maximum atomic E-state index is 12.1. The maximum absolute atomic E-state index is 12.1. The molecule has 20 heavy (non-hydrogen) atoms. The summed E-state index contributed by atoms with van der Waals surface area (Å²) in [7, 11) is 0. The molecular formula is C19H26O. The van der Waals surface area contributed by atoms with Crippen LogP contribution in [0.4, 0.5) is 0 Å².